The summed E-state index contributed by atoms with van der Waals surface area (Å²) >= 11 is 3.83. The van der Waals surface area contributed by atoms with Crippen LogP contribution in [-0.2, 0) is 0 Å². The molecule has 4 aromatic heterocycles. The van der Waals surface area contributed by atoms with Crippen molar-refractivity contribution in [1.82, 2.24) is 9.55 Å². The molecular formula is C39H22N2S2. The molecular weight excluding hydrogens is 561 g/mol. The second kappa shape index (κ2) is 8.74. The second-order valence-corrected chi connectivity index (χ2v) is 13.2. The predicted molar refractivity (Wildman–Crippen MR) is 187 cm³/mol. The minimum absolute atomic E-state index is 0.945. The first-order chi connectivity index (χ1) is 21.3. The number of thiophene rings is 2. The van der Waals surface area contributed by atoms with Crippen molar-refractivity contribution in [3.8, 4) is 16.9 Å². The van der Waals surface area contributed by atoms with E-state index in [0.29, 0.717) is 0 Å². The first kappa shape index (κ1) is 23.5. The van der Waals surface area contributed by atoms with Gasteiger partial charge in [0.25, 0.3) is 0 Å². The van der Waals surface area contributed by atoms with Gasteiger partial charge in [-0.1, -0.05) is 103 Å². The molecule has 0 aliphatic heterocycles. The fourth-order valence-electron chi connectivity index (χ4n) is 6.98. The molecule has 0 fully saturated rings. The van der Waals surface area contributed by atoms with Gasteiger partial charge in [0.1, 0.15) is 5.82 Å². The zero-order chi connectivity index (χ0) is 28.1. The van der Waals surface area contributed by atoms with Crippen molar-refractivity contribution in [2.45, 2.75) is 0 Å². The summed E-state index contributed by atoms with van der Waals surface area (Å²) in [4.78, 5) is 5.37. The van der Waals surface area contributed by atoms with Crippen LogP contribution in [-0.4, -0.2) is 9.55 Å². The fourth-order valence-corrected chi connectivity index (χ4v) is 9.58. The number of pyridine rings is 1. The highest BCUT2D eigenvalue weighted by Gasteiger charge is 2.25. The minimum Gasteiger partial charge on any atom is -0.293 e. The van der Waals surface area contributed by atoms with Crippen LogP contribution in [0.2, 0.25) is 0 Å². The Balaban J connectivity index is 1.49. The zero-order valence-electron chi connectivity index (χ0n) is 22.9. The molecule has 2 nitrogen and oxygen atoms in total. The number of hydrogen-bond donors (Lipinski definition) is 0. The number of fused-ring (bicyclic) bond motifs is 13. The maximum atomic E-state index is 5.37. The number of aromatic nitrogens is 2. The Labute approximate surface area is 254 Å². The van der Waals surface area contributed by atoms with Gasteiger partial charge in [-0.15, -0.1) is 22.7 Å². The van der Waals surface area contributed by atoms with Crippen molar-refractivity contribution in [2.75, 3.05) is 0 Å². The highest BCUT2D eigenvalue weighted by Crippen LogP contribution is 2.52. The first-order valence-corrected chi connectivity index (χ1v) is 16.1. The van der Waals surface area contributed by atoms with Crippen molar-refractivity contribution in [3.05, 3.63) is 133 Å². The molecule has 200 valence electrons. The van der Waals surface area contributed by atoms with E-state index in [1.54, 1.807) is 0 Å². The summed E-state index contributed by atoms with van der Waals surface area (Å²) in [5, 5.41) is 9.09. The Morgan fingerprint density at radius 1 is 0.488 bits per heavy atom. The quantitative estimate of drug-likeness (QED) is 0.198. The van der Waals surface area contributed by atoms with Gasteiger partial charge in [-0.25, -0.2) is 4.98 Å². The third-order valence-corrected chi connectivity index (χ3v) is 11.1. The van der Waals surface area contributed by atoms with E-state index in [4.69, 9.17) is 4.98 Å². The maximum Gasteiger partial charge on any atom is 0.138 e. The van der Waals surface area contributed by atoms with Crippen LogP contribution >= 0.6 is 22.7 Å². The Morgan fingerprint density at radius 3 is 1.79 bits per heavy atom. The molecule has 10 rings (SSSR count). The molecule has 0 unspecified atom stereocenters. The molecule has 6 aromatic carbocycles. The molecule has 0 aliphatic carbocycles. The van der Waals surface area contributed by atoms with Gasteiger partial charge >= 0.3 is 0 Å². The van der Waals surface area contributed by atoms with Crippen LogP contribution < -0.4 is 0 Å². The predicted octanol–water partition coefficient (Wildman–Crippen LogP) is 11.7. The molecule has 0 radical (unpaired) electrons. The van der Waals surface area contributed by atoms with E-state index >= 15 is 0 Å². The van der Waals surface area contributed by atoms with Crippen LogP contribution in [0.3, 0.4) is 0 Å². The van der Waals surface area contributed by atoms with Crippen LogP contribution in [0.25, 0.3) is 90.0 Å². The Kier molecular flexibility index (Phi) is 4.78. The van der Waals surface area contributed by atoms with Crippen molar-refractivity contribution >= 4 is 95.7 Å². The summed E-state index contributed by atoms with van der Waals surface area (Å²) < 4.78 is 7.80. The van der Waals surface area contributed by atoms with Gasteiger partial charge < -0.3 is 0 Å². The normalized spacial score (nSPS) is 12.2. The van der Waals surface area contributed by atoms with Gasteiger partial charge in [-0.05, 0) is 41.5 Å². The summed E-state index contributed by atoms with van der Waals surface area (Å²) in [5.74, 6) is 0.945. The van der Waals surface area contributed by atoms with Crippen molar-refractivity contribution < 1.29 is 0 Å². The van der Waals surface area contributed by atoms with Gasteiger partial charge in [0, 0.05) is 56.5 Å². The maximum absolute atomic E-state index is 5.37. The topological polar surface area (TPSA) is 17.8 Å². The average molecular weight is 583 g/mol. The summed E-state index contributed by atoms with van der Waals surface area (Å²) in [6, 6.07) is 48.2. The van der Waals surface area contributed by atoms with E-state index in [1.807, 2.05) is 22.7 Å². The number of rotatable bonds is 2. The SMILES string of the molecule is c1ccc(-c2cc(-n3c4ccccc4c4c5sc6ccccc6c5c5sc6ccccc6c5c43)nc3ccccc23)cc1. The molecule has 0 bridgehead atoms. The highest BCUT2D eigenvalue weighted by molar-refractivity contribution is 7.30. The Morgan fingerprint density at radius 2 is 1.05 bits per heavy atom. The third-order valence-electron chi connectivity index (χ3n) is 8.77. The fraction of sp³-hybridized carbons (Fsp3) is 0. The number of benzene rings is 6. The summed E-state index contributed by atoms with van der Waals surface area (Å²) in [6.45, 7) is 0. The van der Waals surface area contributed by atoms with Gasteiger partial charge in [0.15, 0.2) is 0 Å². The van der Waals surface area contributed by atoms with Gasteiger partial charge in [0.2, 0.25) is 0 Å². The number of para-hydroxylation sites is 2. The summed E-state index contributed by atoms with van der Waals surface area (Å²) in [5.41, 5.74) is 5.82. The van der Waals surface area contributed by atoms with Crippen molar-refractivity contribution in [3.63, 3.8) is 0 Å². The Hall–Kier alpha value is -5.03. The van der Waals surface area contributed by atoms with Crippen molar-refractivity contribution in [2.24, 2.45) is 0 Å². The van der Waals surface area contributed by atoms with Crippen LogP contribution in [0.4, 0.5) is 0 Å². The molecule has 0 N–H and O–H groups in total. The number of hydrogen-bond acceptors (Lipinski definition) is 3. The molecule has 0 aliphatic rings. The van der Waals surface area contributed by atoms with E-state index < -0.39 is 0 Å². The molecule has 4 heteroatoms. The molecule has 0 saturated carbocycles. The smallest absolute Gasteiger partial charge is 0.138 e. The summed E-state index contributed by atoms with van der Waals surface area (Å²) in [6.07, 6.45) is 0. The minimum atomic E-state index is 0.945. The molecule has 0 atom stereocenters. The van der Waals surface area contributed by atoms with Crippen LogP contribution in [0.15, 0.2) is 133 Å². The monoisotopic (exact) mass is 582 g/mol. The zero-order valence-corrected chi connectivity index (χ0v) is 24.5. The molecule has 0 amide bonds. The molecule has 4 heterocycles. The standard InChI is InChI=1S/C39H22N2S2/c1-2-12-23(13-3-1)28-22-33(40-29-18-8-4-14-24(28)29)41-30-19-9-5-15-25(30)34-37(41)35-26-16-6-10-20-31(26)42-39(35)36-27-17-7-11-21-32(27)43-38(34)36/h1-22H. The van der Waals surface area contributed by atoms with Crippen molar-refractivity contribution in [1.29, 1.82) is 0 Å². The molecule has 0 spiro atoms. The lowest BCUT2D eigenvalue weighted by Crippen LogP contribution is -1.99. The van der Waals surface area contributed by atoms with Crippen LogP contribution in [0.1, 0.15) is 0 Å². The third kappa shape index (κ3) is 3.19. The molecule has 43 heavy (non-hydrogen) atoms. The summed E-state index contributed by atoms with van der Waals surface area (Å²) in [7, 11) is 0. The largest absolute Gasteiger partial charge is 0.293 e. The van der Waals surface area contributed by atoms with Gasteiger partial charge in [-0.2, -0.15) is 0 Å². The van der Waals surface area contributed by atoms with E-state index in [0.717, 1.165) is 16.7 Å². The van der Waals surface area contributed by atoms with E-state index in [-0.39, 0.29) is 0 Å². The van der Waals surface area contributed by atoms with Crippen LogP contribution in [0, 0.1) is 0 Å². The van der Waals surface area contributed by atoms with E-state index in [1.165, 1.54) is 73.3 Å². The molecule has 0 saturated heterocycles. The van der Waals surface area contributed by atoms with Gasteiger partial charge in [0.05, 0.1) is 16.6 Å². The lowest BCUT2D eigenvalue weighted by molar-refractivity contribution is 1.11. The van der Waals surface area contributed by atoms with Gasteiger partial charge in [-0.3, -0.25) is 4.57 Å². The van der Waals surface area contributed by atoms with E-state index in [9.17, 15) is 0 Å². The number of nitrogens with zero attached hydrogens (tertiary/aromatic N) is 2. The first-order valence-electron chi connectivity index (χ1n) is 14.5. The van der Waals surface area contributed by atoms with Crippen LogP contribution in [0.5, 0.6) is 0 Å². The Bertz CT molecular complexity index is 2700. The lowest BCUT2D eigenvalue weighted by Gasteiger charge is -2.13. The second-order valence-electron chi connectivity index (χ2n) is 11.1. The molecule has 10 aromatic rings. The average Bonchev–Trinajstić information content (AvgIpc) is 3.74. The van der Waals surface area contributed by atoms with E-state index in [2.05, 4.69) is 138 Å². The highest BCUT2D eigenvalue weighted by atomic mass is 32.1. The lowest BCUT2D eigenvalue weighted by atomic mass is 10.0.